The highest BCUT2D eigenvalue weighted by Gasteiger charge is 2.99. The summed E-state index contributed by atoms with van der Waals surface area (Å²) in [4.78, 5) is 23.2. The summed E-state index contributed by atoms with van der Waals surface area (Å²) in [5.74, 6) is 0. The fourth-order valence-corrected chi connectivity index (χ4v) is 33.4. The van der Waals surface area contributed by atoms with Gasteiger partial charge in [-0.15, -0.1) is 0 Å². The molecule has 0 aliphatic heterocycles. The average molecular weight is 1160 g/mol. The Labute approximate surface area is 521 Å². The predicted molar refractivity (Wildman–Crippen MR) is 388 cm³/mol. The molecule has 0 N–H and O–H groups in total. The Morgan fingerprint density at radius 1 is 0.266 bits per heavy atom. The average Bonchev–Trinajstić information content (AvgIpc) is 1.34. The third kappa shape index (κ3) is 2.22. The number of hydrogen-bond donors (Lipinski definition) is 0. The summed E-state index contributed by atoms with van der Waals surface area (Å²) in [7, 11) is 0. The Morgan fingerprint density at radius 3 is 0.904 bits per heavy atom. The molecule has 406 valence electrons. The Bertz CT molecular complexity index is 8870. The van der Waals surface area contributed by atoms with Gasteiger partial charge < -0.3 is 4.79 Å². The highest BCUT2D eigenvalue weighted by atomic mass is 16.1. The van der Waals surface area contributed by atoms with Gasteiger partial charge >= 0.3 is 0 Å². The predicted octanol–water partition coefficient (Wildman–Crippen LogP) is 22.7. The quantitative estimate of drug-likeness (QED) is 0.0985. The van der Waals surface area contributed by atoms with Gasteiger partial charge in [-0.1, -0.05) is 72.8 Å². The van der Waals surface area contributed by atoms with Crippen LogP contribution in [0.15, 0.2) is 83.9 Å². The van der Waals surface area contributed by atoms with Crippen molar-refractivity contribution in [3.63, 3.8) is 0 Å². The monoisotopic (exact) mass is 1160 g/mol. The summed E-state index contributed by atoms with van der Waals surface area (Å²) in [6.07, 6.45) is 10.5. The number of aliphatic imine (C=N–C) groups is 1. The van der Waals surface area contributed by atoms with Crippen LogP contribution in [0.2, 0.25) is 0 Å². The first-order chi connectivity index (χ1) is 46.7. The molecule has 29 aromatic rings. The zero-order valence-electron chi connectivity index (χ0n) is 49.3. The Hall–Kier alpha value is -10.8. The van der Waals surface area contributed by atoms with Gasteiger partial charge in [0.1, 0.15) is 6.29 Å². The third-order valence-corrected chi connectivity index (χ3v) is 33.9. The van der Waals surface area contributed by atoms with Gasteiger partial charge in [-0.2, -0.15) is 0 Å². The summed E-state index contributed by atoms with van der Waals surface area (Å²) in [5.41, 5.74) is 17.5. The van der Waals surface area contributed by atoms with Crippen LogP contribution in [0.3, 0.4) is 0 Å². The number of aldehydes is 1. The summed E-state index contributed by atoms with van der Waals surface area (Å²) in [5, 5.41) is 82.5. The van der Waals surface area contributed by atoms with Gasteiger partial charge in [-0.3, -0.25) is 4.99 Å². The van der Waals surface area contributed by atoms with Crippen molar-refractivity contribution in [2.75, 3.05) is 0 Å². The van der Waals surface area contributed by atoms with E-state index in [2.05, 4.69) is 85.1 Å². The van der Waals surface area contributed by atoms with Crippen LogP contribution in [0, 0.1) is 10.8 Å². The van der Waals surface area contributed by atoms with Gasteiger partial charge in [0.05, 0.1) is 21.9 Å². The first-order valence-electron chi connectivity index (χ1n) is 35.5. The maximum Gasteiger partial charge on any atom is 0.128 e. The molecule has 0 radical (unpaired) electrons. The molecule has 0 saturated heterocycles. The molecule has 3 unspecified atom stereocenters. The molecule has 0 amide bonds. The van der Waals surface area contributed by atoms with Crippen LogP contribution in [-0.4, -0.2) is 12.5 Å². The molecule has 14 aliphatic rings. The lowest BCUT2D eigenvalue weighted by atomic mass is 9.66. The Kier molecular flexibility index (Phi) is 3.76. The van der Waals surface area contributed by atoms with E-state index >= 15 is 4.79 Å². The number of aryl methyl sites for hydroxylation is 2. The van der Waals surface area contributed by atoms with Gasteiger partial charge in [-0.05, 0) is 386 Å². The Balaban J connectivity index is 0.890. The molecule has 94 heavy (non-hydrogen) atoms. The van der Waals surface area contributed by atoms with Crippen molar-refractivity contribution in [2.24, 2.45) is 15.8 Å². The molecule has 29 aromatic carbocycles. The SMILES string of the molecule is O=CC12CCCc3ccc(cc3)CCCC3(C=Nc4ccc5ccc6cccc7ccc4c5c67)C45c6c7c8c9c%10c%11c%12c%13c%14c%15c%16c(c-7c7c%17c%18c(c%19c%20c4c4c6c9c6c%10c9c%12c%10c%12c%13c%13c%15c(c%16%17)c%15c%18c%16c%19c%17c%20c%18c4c6c4c9c%10c6c(c%184)c%17c4c%16c%15c%13c%12c46)C735)C81C%11%142. The van der Waals surface area contributed by atoms with Crippen molar-refractivity contribution in [1.82, 2.24) is 0 Å². The van der Waals surface area contributed by atoms with Crippen LogP contribution < -0.4 is 0 Å². The molecular weight excluding hydrogens is 1140 g/mol. The van der Waals surface area contributed by atoms with Gasteiger partial charge in [0, 0.05) is 27.8 Å². The molecule has 2 saturated carbocycles. The fourth-order valence-electron chi connectivity index (χ4n) is 33.4. The number of carbonyl (C=O) groups is 1. The largest absolute Gasteiger partial charge is 0.303 e. The minimum atomic E-state index is -0.685. The second kappa shape index (κ2) is 9.24. The maximum absolute atomic E-state index is 16.7. The first kappa shape index (κ1) is 38.3. The number of hydrogen-bond acceptors (Lipinski definition) is 2. The van der Waals surface area contributed by atoms with Crippen LogP contribution in [-0.2, 0) is 39.3 Å². The lowest BCUT2D eigenvalue weighted by molar-refractivity contribution is -0.113. The third-order valence-electron chi connectivity index (χ3n) is 33.9. The maximum atomic E-state index is 16.7. The number of rotatable bonds is 3. The van der Waals surface area contributed by atoms with Gasteiger partial charge in [-0.25, -0.2) is 0 Å². The molecule has 12 bridgehead atoms. The second-order valence-corrected chi connectivity index (χ2v) is 34.3. The van der Waals surface area contributed by atoms with Crippen molar-refractivity contribution >= 4 is 298 Å². The summed E-state index contributed by atoms with van der Waals surface area (Å²) in [6, 6.07) is 31.1. The van der Waals surface area contributed by atoms with Gasteiger partial charge in [0.15, 0.2) is 0 Å². The summed E-state index contributed by atoms with van der Waals surface area (Å²) < 4.78 is 0. The van der Waals surface area contributed by atoms with E-state index in [0.29, 0.717) is 0 Å². The number of benzene rings is 21. The molecule has 2 nitrogen and oxygen atoms in total. The van der Waals surface area contributed by atoms with E-state index in [1.165, 1.54) is 43.4 Å². The van der Waals surface area contributed by atoms with E-state index in [0.717, 1.165) is 44.2 Å². The minimum Gasteiger partial charge on any atom is -0.303 e. The molecule has 0 aromatic heterocycles. The number of carbonyl (C=O) groups excluding carboxylic acids is 1. The highest BCUT2D eigenvalue weighted by molar-refractivity contribution is 6.79. The Morgan fingerprint density at radius 2 is 0.543 bits per heavy atom. The lowest BCUT2D eigenvalue weighted by Crippen LogP contribution is -2.28. The summed E-state index contributed by atoms with van der Waals surface area (Å²) in [6.45, 7) is 0. The fraction of sp³-hybridized carbons (Fsp3) is 0.130. The molecule has 4 spiro atoms. The molecule has 2 heteroatoms. The zero-order chi connectivity index (χ0) is 57.1. The topological polar surface area (TPSA) is 29.4 Å². The van der Waals surface area contributed by atoms with Crippen molar-refractivity contribution in [2.45, 2.75) is 60.2 Å². The highest BCUT2D eigenvalue weighted by Crippen LogP contribution is 3.02. The van der Waals surface area contributed by atoms with Crippen LogP contribution in [0.4, 0.5) is 5.69 Å². The molecule has 2 fully saturated rings. The standard InChI is InChI=1S/C92H27NO/c94-21-88-19-3-5-23-10-8-22(9-11-23)4-2-18-87(20-93-28-17-15-26-13-12-24-6-1-7-25-14-16-27(28)30(26)29(24)25)89-79-65-59-48-40-33-31-32-34-39(33)52(59)60-49-41(34)38-43-36(32)45-44-35(31)42-37(40)46-53-61-50(42)55(44)67-68-56(45)51(43)62-54-47(38)58(49)70-74-64(54)76-72(62)82(68)91(88)81(67)71(61)75-63(53)73(69(79)57(46)48)83(89)77-78(86(76)92(88,91)85(75)77)84(74)90(87,89)80(70)66(60)65/h1,6-17,20-21H,2-5,18-19H2. The van der Waals surface area contributed by atoms with E-state index in [1.807, 2.05) is 0 Å². The summed E-state index contributed by atoms with van der Waals surface area (Å²) >= 11 is 0. The second-order valence-electron chi connectivity index (χ2n) is 34.3. The van der Waals surface area contributed by atoms with Crippen LogP contribution in [0.5, 0.6) is 0 Å². The normalized spacial score (nSPS) is 27.8. The van der Waals surface area contributed by atoms with Crippen molar-refractivity contribution < 1.29 is 4.79 Å². The van der Waals surface area contributed by atoms with Crippen molar-refractivity contribution in [3.05, 3.63) is 134 Å². The van der Waals surface area contributed by atoms with E-state index in [9.17, 15) is 0 Å². The molecule has 3 atom stereocenters. The molecular formula is C92H27NO. The molecule has 43 rings (SSSR count). The van der Waals surface area contributed by atoms with Gasteiger partial charge in [0.25, 0.3) is 0 Å². The number of nitrogens with zero attached hydrogens (tertiary/aromatic N) is 1. The van der Waals surface area contributed by atoms with Crippen LogP contribution in [0.25, 0.3) is 291 Å². The lowest BCUT2D eigenvalue weighted by Gasteiger charge is -2.34. The van der Waals surface area contributed by atoms with Gasteiger partial charge in [0.2, 0.25) is 0 Å². The van der Waals surface area contributed by atoms with E-state index in [1.54, 1.807) is 310 Å². The molecule has 14 aliphatic carbocycles. The zero-order valence-corrected chi connectivity index (χ0v) is 49.3. The van der Waals surface area contributed by atoms with Crippen LogP contribution >= 0.6 is 0 Å². The van der Waals surface area contributed by atoms with Crippen molar-refractivity contribution in [1.29, 1.82) is 0 Å². The van der Waals surface area contributed by atoms with Crippen molar-refractivity contribution in [3.8, 4) is 11.1 Å². The minimum absolute atomic E-state index is 0.451. The van der Waals surface area contributed by atoms with E-state index < -0.39 is 32.5 Å². The smallest absolute Gasteiger partial charge is 0.128 e. The first-order valence-corrected chi connectivity index (χ1v) is 35.5. The molecule has 0 heterocycles. The van der Waals surface area contributed by atoms with Crippen LogP contribution in [0.1, 0.15) is 81.3 Å². The van der Waals surface area contributed by atoms with E-state index in [4.69, 9.17) is 4.99 Å². The van der Waals surface area contributed by atoms with E-state index in [-0.39, 0.29) is 0 Å².